The highest BCUT2D eigenvalue weighted by Crippen LogP contribution is 2.37. The predicted molar refractivity (Wildman–Crippen MR) is 81.9 cm³/mol. The van der Waals surface area contributed by atoms with Gasteiger partial charge in [0.15, 0.2) is 0 Å². The maximum Gasteiger partial charge on any atom is 0.233 e. The van der Waals surface area contributed by atoms with E-state index in [1.807, 2.05) is 18.2 Å². The number of para-hydroxylation sites is 1. The number of benzene rings is 1. The lowest BCUT2D eigenvalue weighted by Gasteiger charge is -2.19. The molecule has 3 rings (SSSR count). The first kappa shape index (κ1) is 14.8. The average molecular weight is 300 g/mol. The molecule has 0 unspecified atom stereocenters. The van der Waals surface area contributed by atoms with Gasteiger partial charge in [0.25, 0.3) is 0 Å². The minimum absolute atomic E-state index is 0.0813. The number of hydrogen-bond donors (Lipinski definition) is 1. The molecule has 0 aromatic heterocycles. The summed E-state index contributed by atoms with van der Waals surface area (Å²) in [5.74, 6) is -0.622. The summed E-state index contributed by atoms with van der Waals surface area (Å²) in [5.41, 5.74) is 0.722. The third kappa shape index (κ3) is 2.89. The number of nitrogens with zero attached hydrogens (tertiary/aromatic N) is 1. The number of amides is 3. The largest absolute Gasteiger partial charge is 0.326 e. The van der Waals surface area contributed by atoms with Crippen LogP contribution >= 0.6 is 0 Å². The van der Waals surface area contributed by atoms with Crippen molar-refractivity contribution in [2.75, 3.05) is 11.9 Å². The van der Waals surface area contributed by atoms with Crippen LogP contribution in [0.1, 0.15) is 32.1 Å². The number of rotatable bonds is 4. The SMILES string of the molecule is O=C(CCN1C(=O)[C@H]2CCCC[C@@H]2C1=O)Nc1ccccc1. The van der Waals surface area contributed by atoms with Crippen LogP contribution in [0.4, 0.5) is 5.69 Å². The fourth-order valence-corrected chi connectivity index (χ4v) is 3.41. The van der Waals surface area contributed by atoms with Gasteiger partial charge in [-0.25, -0.2) is 0 Å². The molecule has 1 aliphatic heterocycles. The molecule has 0 spiro atoms. The van der Waals surface area contributed by atoms with E-state index >= 15 is 0 Å². The Kier molecular flexibility index (Phi) is 4.22. The fourth-order valence-electron chi connectivity index (χ4n) is 3.41. The van der Waals surface area contributed by atoms with Crippen LogP contribution in [0.25, 0.3) is 0 Å². The molecule has 1 aromatic carbocycles. The second kappa shape index (κ2) is 6.30. The number of hydrogen-bond acceptors (Lipinski definition) is 3. The Morgan fingerprint density at radius 2 is 1.64 bits per heavy atom. The molecule has 5 heteroatoms. The van der Waals surface area contributed by atoms with Gasteiger partial charge in [0, 0.05) is 18.7 Å². The summed E-state index contributed by atoms with van der Waals surface area (Å²) in [6, 6.07) is 9.16. The summed E-state index contributed by atoms with van der Waals surface area (Å²) < 4.78 is 0. The lowest BCUT2D eigenvalue weighted by Crippen LogP contribution is -2.34. The molecule has 1 aliphatic carbocycles. The molecule has 22 heavy (non-hydrogen) atoms. The van der Waals surface area contributed by atoms with Crippen molar-refractivity contribution < 1.29 is 14.4 Å². The first-order valence-corrected chi connectivity index (χ1v) is 7.87. The Morgan fingerprint density at radius 3 is 2.23 bits per heavy atom. The fraction of sp³-hybridized carbons (Fsp3) is 0.471. The highest BCUT2D eigenvalue weighted by Gasteiger charge is 2.47. The van der Waals surface area contributed by atoms with Crippen molar-refractivity contribution in [2.24, 2.45) is 11.8 Å². The van der Waals surface area contributed by atoms with Crippen molar-refractivity contribution in [2.45, 2.75) is 32.1 Å². The molecule has 0 radical (unpaired) electrons. The van der Waals surface area contributed by atoms with Crippen LogP contribution in [-0.4, -0.2) is 29.2 Å². The Morgan fingerprint density at radius 1 is 1.05 bits per heavy atom. The van der Waals surface area contributed by atoms with Crippen molar-refractivity contribution in [3.8, 4) is 0 Å². The zero-order valence-electron chi connectivity index (χ0n) is 12.5. The maximum absolute atomic E-state index is 12.3. The van der Waals surface area contributed by atoms with Gasteiger partial charge in [-0.05, 0) is 25.0 Å². The molecule has 0 bridgehead atoms. The number of likely N-dealkylation sites (tertiary alicyclic amines) is 1. The summed E-state index contributed by atoms with van der Waals surface area (Å²) in [6.45, 7) is 0.184. The van der Waals surface area contributed by atoms with Crippen LogP contribution < -0.4 is 5.32 Å². The molecule has 1 saturated carbocycles. The first-order chi connectivity index (χ1) is 10.7. The molecule has 5 nitrogen and oxygen atoms in total. The second-order valence-corrected chi connectivity index (χ2v) is 5.99. The Bertz CT molecular complexity index is 561. The monoisotopic (exact) mass is 300 g/mol. The number of carbonyl (C=O) groups excluding carboxylic acids is 3. The minimum Gasteiger partial charge on any atom is -0.326 e. The van der Waals surface area contributed by atoms with E-state index in [2.05, 4.69) is 5.32 Å². The number of imide groups is 1. The molecule has 2 aliphatic rings. The van der Waals surface area contributed by atoms with Crippen LogP contribution in [0.5, 0.6) is 0 Å². The summed E-state index contributed by atoms with van der Waals surface area (Å²) in [6.07, 6.45) is 3.79. The number of anilines is 1. The topological polar surface area (TPSA) is 66.5 Å². The molecule has 116 valence electrons. The Hall–Kier alpha value is -2.17. The highest BCUT2D eigenvalue weighted by molar-refractivity contribution is 6.05. The van der Waals surface area contributed by atoms with Gasteiger partial charge in [-0.2, -0.15) is 0 Å². The molecule has 1 saturated heterocycles. The van der Waals surface area contributed by atoms with Crippen LogP contribution in [0, 0.1) is 11.8 Å². The zero-order valence-corrected chi connectivity index (χ0v) is 12.5. The van der Waals surface area contributed by atoms with Crippen LogP contribution in [0.2, 0.25) is 0 Å². The van der Waals surface area contributed by atoms with E-state index in [0.29, 0.717) is 0 Å². The third-order valence-corrected chi connectivity index (χ3v) is 4.55. The molecule has 2 atom stereocenters. The lowest BCUT2D eigenvalue weighted by atomic mass is 9.81. The van der Waals surface area contributed by atoms with Gasteiger partial charge in [0.05, 0.1) is 11.8 Å². The van der Waals surface area contributed by atoms with Crippen LogP contribution in [0.15, 0.2) is 30.3 Å². The summed E-state index contributed by atoms with van der Waals surface area (Å²) in [7, 11) is 0. The highest BCUT2D eigenvalue weighted by atomic mass is 16.2. The summed E-state index contributed by atoms with van der Waals surface area (Å²) in [4.78, 5) is 37.8. The van der Waals surface area contributed by atoms with Gasteiger partial charge in [-0.1, -0.05) is 31.0 Å². The van der Waals surface area contributed by atoms with E-state index < -0.39 is 0 Å². The average Bonchev–Trinajstić information content (AvgIpc) is 2.78. The van der Waals surface area contributed by atoms with Gasteiger partial charge in [-0.3, -0.25) is 19.3 Å². The van der Waals surface area contributed by atoms with E-state index in [0.717, 1.165) is 31.4 Å². The first-order valence-electron chi connectivity index (χ1n) is 7.87. The molecule has 1 N–H and O–H groups in total. The van der Waals surface area contributed by atoms with E-state index in [4.69, 9.17) is 0 Å². The van der Waals surface area contributed by atoms with E-state index in [-0.39, 0.29) is 42.5 Å². The summed E-state index contributed by atoms with van der Waals surface area (Å²) in [5, 5.41) is 2.77. The van der Waals surface area contributed by atoms with Gasteiger partial charge in [0.1, 0.15) is 0 Å². The Balaban J connectivity index is 1.56. The molecule has 3 amide bonds. The minimum atomic E-state index is -0.179. The third-order valence-electron chi connectivity index (χ3n) is 4.55. The molecule has 2 fully saturated rings. The van der Waals surface area contributed by atoms with Crippen molar-refractivity contribution in [1.29, 1.82) is 0 Å². The van der Waals surface area contributed by atoms with Gasteiger partial charge >= 0.3 is 0 Å². The van der Waals surface area contributed by atoms with Crippen LogP contribution in [0.3, 0.4) is 0 Å². The van der Waals surface area contributed by atoms with Crippen molar-refractivity contribution in [1.82, 2.24) is 4.90 Å². The number of fused-ring (bicyclic) bond motifs is 1. The predicted octanol–water partition coefficient (Wildman–Crippen LogP) is 2.19. The van der Waals surface area contributed by atoms with Gasteiger partial charge in [-0.15, -0.1) is 0 Å². The quantitative estimate of drug-likeness (QED) is 0.867. The van der Waals surface area contributed by atoms with Gasteiger partial charge < -0.3 is 5.32 Å². The van der Waals surface area contributed by atoms with Crippen molar-refractivity contribution in [3.05, 3.63) is 30.3 Å². The van der Waals surface area contributed by atoms with Crippen molar-refractivity contribution >= 4 is 23.4 Å². The molecular weight excluding hydrogens is 280 g/mol. The molecular formula is C17H20N2O3. The Labute approximate surface area is 129 Å². The molecule has 1 aromatic rings. The van der Waals surface area contributed by atoms with E-state index in [9.17, 15) is 14.4 Å². The zero-order chi connectivity index (χ0) is 15.5. The van der Waals surface area contributed by atoms with E-state index in [1.165, 1.54) is 4.90 Å². The lowest BCUT2D eigenvalue weighted by molar-refractivity contribution is -0.140. The second-order valence-electron chi connectivity index (χ2n) is 5.99. The number of nitrogens with one attached hydrogen (secondary N) is 1. The molecule has 1 heterocycles. The summed E-state index contributed by atoms with van der Waals surface area (Å²) >= 11 is 0. The van der Waals surface area contributed by atoms with Gasteiger partial charge in [0.2, 0.25) is 17.7 Å². The maximum atomic E-state index is 12.3. The van der Waals surface area contributed by atoms with Crippen molar-refractivity contribution in [3.63, 3.8) is 0 Å². The van der Waals surface area contributed by atoms with E-state index in [1.54, 1.807) is 12.1 Å². The standard InChI is InChI=1S/C17H20N2O3/c20-15(18-12-6-2-1-3-7-12)10-11-19-16(21)13-8-4-5-9-14(13)17(19)22/h1-3,6-7,13-14H,4-5,8-11H2,(H,18,20)/t13-,14-/m0/s1. The normalized spacial score (nSPS) is 24.3. The smallest absolute Gasteiger partial charge is 0.233 e. The number of carbonyl (C=O) groups is 3. The van der Waals surface area contributed by atoms with Crippen LogP contribution in [-0.2, 0) is 14.4 Å².